The third-order valence-electron chi connectivity index (χ3n) is 4.80. The average Bonchev–Trinajstić information content (AvgIpc) is 3.23. The topological polar surface area (TPSA) is 61.3 Å². The normalized spacial score (nSPS) is 32.6. The molecule has 5 heteroatoms. The second kappa shape index (κ2) is 4.97. The maximum atomic E-state index is 9.85. The number of nitrogens with zero attached hydrogens (tertiary/aromatic N) is 3. The minimum absolute atomic E-state index is 0.134. The van der Waals surface area contributed by atoms with Crippen LogP contribution in [0.25, 0.3) is 0 Å². The summed E-state index contributed by atoms with van der Waals surface area (Å²) in [6.07, 6.45) is 10.4. The van der Waals surface area contributed by atoms with Crippen molar-refractivity contribution in [1.82, 2.24) is 15.3 Å². The number of aliphatic hydroxyl groups excluding tert-OH is 1. The highest BCUT2D eigenvalue weighted by Gasteiger charge is 2.41. The lowest BCUT2D eigenvalue weighted by atomic mass is 10.0. The summed E-state index contributed by atoms with van der Waals surface area (Å²) < 4.78 is 0. The number of aliphatic hydroxyl groups is 1. The molecule has 1 saturated carbocycles. The summed E-state index contributed by atoms with van der Waals surface area (Å²) in [5, 5.41) is 13.3. The predicted molar refractivity (Wildman–Crippen MR) is 76.4 cm³/mol. The van der Waals surface area contributed by atoms with Gasteiger partial charge in [0.2, 0.25) is 5.95 Å². The molecule has 2 aliphatic heterocycles. The Morgan fingerprint density at radius 3 is 2.35 bits per heavy atom. The molecule has 4 rings (SSSR count). The Labute approximate surface area is 119 Å². The molecule has 108 valence electrons. The maximum absolute atomic E-state index is 9.85. The van der Waals surface area contributed by atoms with Crippen LogP contribution in [0.15, 0.2) is 12.4 Å². The molecule has 0 aromatic carbocycles. The average molecular weight is 274 g/mol. The fourth-order valence-electron chi connectivity index (χ4n) is 3.60. The molecule has 3 heterocycles. The number of fused-ring (bicyclic) bond motifs is 2. The molecule has 2 atom stereocenters. The van der Waals surface area contributed by atoms with E-state index in [0.717, 1.165) is 43.7 Å². The highest BCUT2D eigenvalue weighted by molar-refractivity contribution is 5.37. The number of anilines is 1. The Morgan fingerprint density at radius 1 is 1.10 bits per heavy atom. The van der Waals surface area contributed by atoms with Crippen molar-refractivity contribution in [3.63, 3.8) is 0 Å². The van der Waals surface area contributed by atoms with E-state index in [4.69, 9.17) is 0 Å². The van der Waals surface area contributed by atoms with Gasteiger partial charge in [-0.15, -0.1) is 0 Å². The molecule has 0 radical (unpaired) electrons. The maximum Gasteiger partial charge on any atom is 0.225 e. The van der Waals surface area contributed by atoms with E-state index in [1.54, 1.807) is 0 Å². The zero-order valence-electron chi connectivity index (χ0n) is 11.7. The van der Waals surface area contributed by atoms with Crippen LogP contribution in [0.5, 0.6) is 0 Å². The first-order chi connectivity index (χ1) is 9.79. The lowest BCUT2D eigenvalue weighted by molar-refractivity contribution is 0.125. The van der Waals surface area contributed by atoms with Gasteiger partial charge in [0.25, 0.3) is 0 Å². The van der Waals surface area contributed by atoms with Gasteiger partial charge < -0.3 is 15.3 Å². The zero-order valence-corrected chi connectivity index (χ0v) is 11.7. The number of rotatable bonds is 4. The van der Waals surface area contributed by atoms with Crippen LogP contribution in [0.2, 0.25) is 0 Å². The third-order valence-corrected chi connectivity index (χ3v) is 4.80. The van der Waals surface area contributed by atoms with Crippen LogP contribution in [0.3, 0.4) is 0 Å². The van der Waals surface area contributed by atoms with Gasteiger partial charge in [-0.05, 0) is 38.5 Å². The first-order valence-electron chi connectivity index (χ1n) is 7.80. The summed E-state index contributed by atoms with van der Waals surface area (Å²) in [6, 6.07) is 1.58. The number of nitrogens with one attached hydrogen (secondary N) is 1. The van der Waals surface area contributed by atoms with Crippen molar-refractivity contribution in [3.8, 4) is 0 Å². The van der Waals surface area contributed by atoms with Crippen molar-refractivity contribution in [3.05, 3.63) is 18.0 Å². The van der Waals surface area contributed by atoms with Crippen LogP contribution < -0.4 is 10.2 Å². The number of hydrogen-bond donors (Lipinski definition) is 2. The molecule has 2 saturated heterocycles. The van der Waals surface area contributed by atoms with E-state index in [1.165, 1.54) is 12.8 Å². The van der Waals surface area contributed by atoms with Crippen molar-refractivity contribution in [2.75, 3.05) is 4.90 Å². The summed E-state index contributed by atoms with van der Waals surface area (Å²) in [4.78, 5) is 11.5. The van der Waals surface area contributed by atoms with Gasteiger partial charge in [-0.25, -0.2) is 9.97 Å². The van der Waals surface area contributed by atoms with Crippen molar-refractivity contribution >= 4 is 5.95 Å². The van der Waals surface area contributed by atoms with Crippen molar-refractivity contribution < 1.29 is 5.11 Å². The summed E-state index contributed by atoms with van der Waals surface area (Å²) in [5.74, 6) is 0.847. The fraction of sp³-hybridized carbons (Fsp3) is 0.733. The van der Waals surface area contributed by atoms with Gasteiger partial charge in [-0.2, -0.15) is 0 Å². The van der Waals surface area contributed by atoms with Gasteiger partial charge in [-0.3, -0.25) is 0 Å². The van der Waals surface area contributed by atoms with E-state index in [2.05, 4.69) is 20.2 Å². The molecular weight excluding hydrogens is 252 g/mol. The minimum atomic E-state index is -0.134. The van der Waals surface area contributed by atoms with Crippen molar-refractivity contribution in [2.24, 2.45) is 0 Å². The van der Waals surface area contributed by atoms with Crippen LogP contribution in [-0.4, -0.2) is 39.3 Å². The molecule has 5 nitrogen and oxygen atoms in total. The summed E-state index contributed by atoms with van der Waals surface area (Å²) in [5.41, 5.74) is 1.16. The second-order valence-corrected chi connectivity index (χ2v) is 6.46. The largest absolute Gasteiger partial charge is 0.393 e. The van der Waals surface area contributed by atoms with E-state index in [1.807, 2.05) is 12.4 Å². The predicted octanol–water partition coefficient (Wildman–Crippen LogP) is 1.22. The monoisotopic (exact) mass is 274 g/mol. The molecule has 20 heavy (non-hydrogen) atoms. The summed E-state index contributed by atoms with van der Waals surface area (Å²) in [7, 11) is 0. The van der Waals surface area contributed by atoms with E-state index in [9.17, 15) is 5.11 Å². The van der Waals surface area contributed by atoms with Gasteiger partial charge in [0.1, 0.15) is 0 Å². The quantitative estimate of drug-likeness (QED) is 0.864. The van der Waals surface area contributed by atoms with Gasteiger partial charge >= 0.3 is 0 Å². The number of aromatic nitrogens is 2. The molecule has 3 aliphatic rings. The van der Waals surface area contributed by atoms with Gasteiger partial charge in [0, 0.05) is 42.6 Å². The Morgan fingerprint density at radius 2 is 1.75 bits per heavy atom. The Bertz CT molecular complexity index is 459. The Hall–Kier alpha value is -1.20. The summed E-state index contributed by atoms with van der Waals surface area (Å²) >= 11 is 0. The van der Waals surface area contributed by atoms with Crippen LogP contribution in [0.1, 0.15) is 44.1 Å². The summed E-state index contributed by atoms with van der Waals surface area (Å²) in [6.45, 7) is 0.872. The Balaban J connectivity index is 1.45. The van der Waals surface area contributed by atoms with Gasteiger partial charge in [0.15, 0.2) is 0 Å². The first-order valence-corrected chi connectivity index (χ1v) is 7.80. The molecular formula is C15H22N4O. The molecule has 0 amide bonds. The number of hydrogen-bond acceptors (Lipinski definition) is 5. The smallest absolute Gasteiger partial charge is 0.225 e. The zero-order chi connectivity index (χ0) is 13.5. The third kappa shape index (κ3) is 2.40. The number of piperidine rings is 1. The SMILES string of the molecule is OC1CC2CCC(C1)N2c1ncc(CNC2CC2)cn1. The molecule has 2 N–H and O–H groups in total. The lowest BCUT2D eigenvalue weighted by Gasteiger charge is -2.37. The molecule has 1 aromatic rings. The van der Waals surface area contributed by atoms with Crippen LogP contribution in [0.4, 0.5) is 5.95 Å². The molecule has 0 spiro atoms. The lowest BCUT2D eigenvalue weighted by Crippen LogP contribution is -2.45. The standard InChI is InChI=1S/C15H22N4O/c20-14-5-12-3-4-13(6-14)19(12)15-17-8-10(9-18-15)7-16-11-1-2-11/h8-9,11-14,16,20H,1-7H2. The van der Waals surface area contributed by atoms with Crippen LogP contribution in [0, 0.1) is 0 Å². The van der Waals surface area contributed by atoms with E-state index in [0.29, 0.717) is 18.1 Å². The molecule has 1 aromatic heterocycles. The van der Waals surface area contributed by atoms with Crippen molar-refractivity contribution in [2.45, 2.75) is 69.3 Å². The van der Waals surface area contributed by atoms with Crippen molar-refractivity contribution in [1.29, 1.82) is 0 Å². The van der Waals surface area contributed by atoms with E-state index < -0.39 is 0 Å². The highest BCUT2D eigenvalue weighted by Crippen LogP contribution is 2.37. The Kier molecular flexibility index (Phi) is 3.11. The molecule has 2 bridgehead atoms. The first kappa shape index (κ1) is 12.5. The molecule has 3 fully saturated rings. The molecule has 2 unspecified atom stereocenters. The van der Waals surface area contributed by atoms with Crippen LogP contribution >= 0.6 is 0 Å². The minimum Gasteiger partial charge on any atom is -0.393 e. The molecule has 1 aliphatic carbocycles. The van der Waals surface area contributed by atoms with Gasteiger partial charge in [0.05, 0.1) is 6.10 Å². The van der Waals surface area contributed by atoms with E-state index >= 15 is 0 Å². The van der Waals surface area contributed by atoms with Gasteiger partial charge in [-0.1, -0.05) is 0 Å². The van der Waals surface area contributed by atoms with E-state index in [-0.39, 0.29) is 6.10 Å². The fourth-order valence-corrected chi connectivity index (χ4v) is 3.60. The second-order valence-electron chi connectivity index (χ2n) is 6.46. The van der Waals surface area contributed by atoms with Crippen LogP contribution in [-0.2, 0) is 6.54 Å². The highest BCUT2D eigenvalue weighted by atomic mass is 16.3.